The summed E-state index contributed by atoms with van der Waals surface area (Å²) in [5, 5.41) is 9.19. The number of benzene rings is 1. The average molecular weight is 219 g/mol. The molecule has 2 rings (SSSR count). The molecule has 0 spiro atoms. The molecule has 1 unspecified atom stereocenters. The first kappa shape index (κ1) is 11.5. The van der Waals surface area contributed by atoms with Gasteiger partial charge >= 0.3 is 0 Å². The Labute approximate surface area is 97.9 Å². The molecule has 0 amide bonds. The largest absolute Gasteiger partial charge is 0.396 e. The molecule has 2 nitrogen and oxygen atoms in total. The molecule has 2 heteroatoms. The van der Waals surface area contributed by atoms with Crippen molar-refractivity contribution >= 4 is 5.69 Å². The Bertz CT molecular complexity index is 363. The highest BCUT2D eigenvalue weighted by Crippen LogP contribution is 2.30. The van der Waals surface area contributed by atoms with Gasteiger partial charge in [0.25, 0.3) is 0 Å². The molecule has 0 radical (unpaired) electrons. The highest BCUT2D eigenvalue weighted by Gasteiger charge is 2.23. The maximum absolute atomic E-state index is 9.19. The van der Waals surface area contributed by atoms with Crippen LogP contribution in [0.25, 0.3) is 0 Å². The van der Waals surface area contributed by atoms with Crippen LogP contribution in [0.15, 0.2) is 12.1 Å². The van der Waals surface area contributed by atoms with Crippen molar-refractivity contribution in [2.75, 3.05) is 24.6 Å². The fourth-order valence-corrected chi connectivity index (χ4v) is 2.86. The van der Waals surface area contributed by atoms with E-state index >= 15 is 0 Å². The van der Waals surface area contributed by atoms with Crippen molar-refractivity contribution in [3.05, 3.63) is 28.8 Å². The van der Waals surface area contributed by atoms with Crippen molar-refractivity contribution in [3.8, 4) is 0 Å². The molecule has 0 saturated carbocycles. The van der Waals surface area contributed by atoms with E-state index in [2.05, 4.69) is 37.8 Å². The number of rotatable bonds is 2. The number of aliphatic hydroxyl groups is 1. The SMILES string of the molecule is Cc1cc(C)c(N2CCC(CO)C2)c(C)c1. The highest BCUT2D eigenvalue weighted by molar-refractivity contribution is 5.60. The molecule has 1 N–H and O–H groups in total. The van der Waals surface area contributed by atoms with Gasteiger partial charge in [0.15, 0.2) is 0 Å². The fraction of sp³-hybridized carbons (Fsp3) is 0.571. The smallest absolute Gasteiger partial charge is 0.0476 e. The van der Waals surface area contributed by atoms with Gasteiger partial charge in [0, 0.05) is 31.3 Å². The lowest BCUT2D eigenvalue weighted by Gasteiger charge is -2.23. The van der Waals surface area contributed by atoms with E-state index < -0.39 is 0 Å². The summed E-state index contributed by atoms with van der Waals surface area (Å²) in [6.45, 7) is 8.91. The third-order valence-electron chi connectivity index (χ3n) is 3.50. The molecule has 16 heavy (non-hydrogen) atoms. The first-order chi connectivity index (χ1) is 7.61. The predicted molar refractivity (Wildman–Crippen MR) is 68.1 cm³/mol. The zero-order valence-corrected chi connectivity index (χ0v) is 10.5. The lowest BCUT2D eigenvalue weighted by molar-refractivity contribution is 0.238. The fourth-order valence-electron chi connectivity index (χ4n) is 2.86. The Morgan fingerprint density at radius 2 is 1.88 bits per heavy atom. The van der Waals surface area contributed by atoms with Gasteiger partial charge in [-0.15, -0.1) is 0 Å². The number of nitrogens with zero attached hydrogens (tertiary/aromatic N) is 1. The summed E-state index contributed by atoms with van der Waals surface area (Å²) < 4.78 is 0. The van der Waals surface area contributed by atoms with E-state index in [-0.39, 0.29) is 0 Å². The normalized spacial score (nSPS) is 20.5. The minimum atomic E-state index is 0.320. The molecule has 0 aliphatic carbocycles. The van der Waals surface area contributed by atoms with Crippen LogP contribution in [0.5, 0.6) is 0 Å². The second kappa shape index (κ2) is 4.46. The molecule has 0 bridgehead atoms. The summed E-state index contributed by atoms with van der Waals surface area (Å²) in [6.07, 6.45) is 1.11. The topological polar surface area (TPSA) is 23.5 Å². The minimum absolute atomic E-state index is 0.320. The summed E-state index contributed by atoms with van der Waals surface area (Å²) in [6, 6.07) is 4.49. The van der Waals surface area contributed by atoms with Gasteiger partial charge < -0.3 is 10.0 Å². The molecule has 1 aliphatic rings. The molecule has 1 aliphatic heterocycles. The number of aliphatic hydroxyl groups excluding tert-OH is 1. The summed E-state index contributed by atoms with van der Waals surface area (Å²) in [4.78, 5) is 2.42. The monoisotopic (exact) mass is 219 g/mol. The number of hydrogen-bond donors (Lipinski definition) is 1. The molecule has 1 saturated heterocycles. The van der Waals surface area contributed by atoms with E-state index in [0.717, 1.165) is 19.5 Å². The molecule has 1 atom stereocenters. The Morgan fingerprint density at radius 3 is 2.38 bits per heavy atom. The Morgan fingerprint density at radius 1 is 1.25 bits per heavy atom. The Kier molecular flexibility index (Phi) is 3.20. The zero-order valence-electron chi connectivity index (χ0n) is 10.5. The van der Waals surface area contributed by atoms with Gasteiger partial charge in [0.1, 0.15) is 0 Å². The first-order valence-electron chi connectivity index (χ1n) is 6.05. The van der Waals surface area contributed by atoms with Gasteiger partial charge in [-0.25, -0.2) is 0 Å². The first-order valence-corrected chi connectivity index (χ1v) is 6.05. The zero-order chi connectivity index (χ0) is 11.7. The van der Waals surface area contributed by atoms with Crippen LogP contribution in [-0.2, 0) is 0 Å². The highest BCUT2D eigenvalue weighted by atomic mass is 16.3. The third kappa shape index (κ3) is 2.07. The Balaban J connectivity index is 2.28. The maximum atomic E-state index is 9.19. The molecule has 1 heterocycles. The molecule has 88 valence electrons. The second-order valence-corrected chi connectivity index (χ2v) is 5.03. The minimum Gasteiger partial charge on any atom is -0.396 e. The predicted octanol–water partition coefficient (Wildman–Crippen LogP) is 2.43. The molecule has 1 aromatic carbocycles. The van der Waals surface area contributed by atoms with Gasteiger partial charge in [0.2, 0.25) is 0 Å². The number of aryl methyl sites for hydroxylation is 3. The van der Waals surface area contributed by atoms with E-state index in [1.165, 1.54) is 22.4 Å². The van der Waals surface area contributed by atoms with Crippen LogP contribution in [0.1, 0.15) is 23.1 Å². The lowest BCUT2D eigenvalue weighted by Crippen LogP contribution is -2.22. The van der Waals surface area contributed by atoms with Crippen molar-refractivity contribution in [2.45, 2.75) is 27.2 Å². The summed E-state index contributed by atoms with van der Waals surface area (Å²) in [7, 11) is 0. The van der Waals surface area contributed by atoms with Crippen LogP contribution >= 0.6 is 0 Å². The number of hydrogen-bond acceptors (Lipinski definition) is 2. The summed E-state index contributed by atoms with van der Waals surface area (Å²) in [5.74, 6) is 0.458. The van der Waals surface area contributed by atoms with Crippen LogP contribution in [0.3, 0.4) is 0 Å². The maximum Gasteiger partial charge on any atom is 0.0476 e. The second-order valence-electron chi connectivity index (χ2n) is 5.03. The van der Waals surface area contributed by atoms with Gasteiger partial charge in [-0.1, -0.05) is 17.7 Å². The Hall–Kier alpha value is -1.02. The van der Waals surface area contributed by atoms with Crippen LogP contribution in [0.4, 0.5) is 5.69 Å². The van der Waals surface area contributed by atoms with Crippen molar-refractivity contribution < 1.29 is 5.11 Å². The molecule has 1 fully saturated rings. The lowest BCUT2D eigenvalue weighted by atomic mass is 10.0. The van der Waals surface area contributed by atoms with Crippen LogP contribution in [0, 0.1) is 26.7 Å². The van der Waals surface area contributed by atoms with Gasteiger partial charge in [-0.2, -0.15) is 0 Å². The molecule has 1 aromatic rings. The van der Waals surface area contributed by atoms with Crippen molar-refractivity contribution in [2.24, 2.45) is 5.92 Å². The van der Waals surface area contributed by atoms with Gasteiger partial charge in [0.05, 0.1) is 0 Å². The summed E-state index contributed by atoms with van der Waals surface area (Å²) >= 11 is 0. The van der Waals surface area contributed by atoms with E-state index in [1.807, 2.05) is 0 Å². The van der Waals surface area contributed by atoms with E-state index in [1.54, 1.807) is 0 Å². The van der Waals surface area contributed by atoms with Crippen molar-refractivity contribution in [1.29, 1.82) is 0 Å². The van der Waals surface area contributed by atoms with Crippen molar-refractivity contribution in [3.63, 3.8) is 0 Å². The van der Waals surface area contributed by atoms with Gasteiger partial charge in [-0.05, 0) is 38.3 Å². The van der Waals surface area contributed by atoms with Crippen LogP contribution < -0.4 is 4.90 Å². The average Bonchev–Trinajstić information content (AvgIpc) is 2.64. The van der Waals surface area contributed by atoms with E-state index in [0.29, 0.717) is 12.5 Å². The van der Waals surface area contributed by atoms with Gasteiger partial charge in [-0.3, -0.25) is 0 Å². The quantitative estimate of drug-likeness (QED) is 0.825. The van der Waals surface area contributed by atoms with Crippen molar-refractivity contribution in [1.82, 2.24) is 0 Å². The van der Waals surface area contributed by atoms with E-state index in [4.69, 9.17) is 0 Å². The molecular weight excluding hydrogens is 198 g/mol. The molecule has 0 aromatic heterocycles. The van der Waals surface area contributed by atoms with E-state index in [9.17, 15) is 5.11 Å². The number of anilines is 1. The summed E-state index contributed by atoms with van der Waals surface area (Å²) in [5.41, 5.74) is 5.42. The van der Waals surface area contributed by atoms with Crippen LogP contribution in [-0.4, -0.2) is 24.8 Å². The van der Waals surface area contributed by atoms with Crippen LogP contribution in [0.2, 0.25) is 0 Å². The molecular formula is C14H21NO. The standard InChI is InChI=1S/C14H21NO/c1-10-6-11(2)14(12(3)7-10)15-5-4-13(8-15)9-16/h6-7,13,16H,4-5,8-9H2,1-3H3. The third-order valence-corrected chi connectivity index (χ3v) is 3.50.